The fraction of sp³-hybridized carbons (Fsp3) is 0.133. The van der Waals surface area contributed by atoms with Gasteiger partial charge in [-0.1, -0.05) is 66.7 Å². The van der Waals surface area contributed by atoms with Crippen molar-refractivity contribution >= 4 is 10.8 Å². The predicted octanol–water partition coefficient (Wildman–Crippen LogP) is 6.02. The van der Waals surface area contributed by atoms with Crippen LogP contribution >= 0.6 is 0 Å². The van der Waals surface area contributed by atoms with Crippen molar-refractivity contribution in [3.05, 3.63) is 130 Å². The molecule has 2 nitrogen and oxygen atoms in total. The van der Waals surface area contributed by atoms with Crippen molar-refractivity contribution in [3.8, 4) is 11.3 Å². The van der Waals surface area contributed by atoms with Gasteiger partial charge in [0.1, 0.15) is 12.7 Å². The number of nitrogens with zero attached hydrogens (tertiary/aromatic N) is 2. The number of hydrogen-bond donors (Lipinski definition) is 0. The van der Waals surface area contributed by atoms with E-state index in [0.29, 0.717) is 0 Å². The molecule has 0 spiro atoms. The van der Waals surface area contributed by atoms with Crippen LogP contribution in [0.25, 0.3) is 22.0 Å². The van der Waals surface area contributed by atoms with Crippen LogP contribution in [0.15, 0.2) is 91.1 Å². The maximum Gasteiger partial charge on any atom is 0.231 e. The third-order valence-electron chi connectivity index (χ3n) is 7.47. The van der Waals surface area contributed by atoms with E-state index in [2.05, 4.69) is 110 Å². The van der Waals surface area contributed by atoms with Gasteiger partial charge in [0.2, 0.25) is 11.4 Å². The molecular weight excluding hydrogens is 388 g/mol. The van der Waals surface area contributed by atoms with E-state index in [1.54, 1.807) is 0 Å². The SMILES string of the molecule is Cc1ccccc1-c1cnc2c([n+]1C)C1c3ccccc3C2c2cc3ccccc3cc21. The summed E-state index contributed by atoms with van der Waals surface area (Å²) in [5, 5.41) is 2.61. The van der Waals surface area contributed by atoms with Gasteiger partial charge in [0.15, 0.2) is 0 Å². The summed E-state index contributed by atoms with van der Waals surface area (Å²) < 4.78 is 2.40. The van der Waals surface area contributed by atoms with Crippen LogP contribution in [-0.4, -0.2) is 4.98 Å². The Labute approximate surface area is 187 Å². The van der Waals surface area contributed by atoms with Gasteiger partial charge in [0.05, 0.1) is 23.6 Å². The zero-order chi connectivity index (χ0) is 21.4. The molecule has 0 N–H and O–H groups in total. The highest BCUT2D eigenvalue weighted by Crippen LogP contribution is 2.54. The normalized spacial score (nSPS) is 17.7. The van der Waals surface area contributed by atoms with Gasteiger partial charge in [-0.05, 0) is 63.7 Å². The monoisotopic (exact) mass is 411 g/mol. The van der Waals surface area contributed by atoms with Gasteiger partial charge in [0.25, 0.3) is 0 Å². The lowest BCUT2D eigenvalue weighted by Gasteiger charge is -2.39. The zero-order valence-corrected chi connectivity index (χ0v) is 18.2. The van der Waals surface area contributed by atoms with Crippen LogP contribution in [0.4, 0.5) is 0 Å². The Morgan fingerprint density at radius 3 is 2.00 bits per heavy atom. The fourth-order valence-electron chi connectivity index (χ4n) is 6.00. The number of benzene rings is 4. The second-order valence-electron chi connectivity index (χ2n) is 9.11. The van der Waals surface area contributed by atoms with Gasteiger partial charge in [-0.25, -0.2) is 4.98 Å². The number of hydrogen-bond acceptors (Lipinski definition) is 1. The maximum absolute atomic E-state index is 5.14. The van der Waals surface area contributed by atoms with Crippen molar-refractivity contribution in [1.29, 1.82) is 0 Å². The second kappa shape index (κ2) is 6.37. The zero-order valence-electron chi connectivity index (χ0n) is 18.2. The Bertz CT molecular complexity index is 1560. The minimum atomic E-state index is 0.183. The van der Waals surface area contributed by atoms with E-state index in [9.17, 15) is 0 Å². The minimum Gasteiger partial charge on any atom is -0.247 e. The molecule has 0 fully saturated rings. The van der Waals surface area contributed by atoms with Crippen molar-refractivity contribution < 1.29 is 4.57 Å². The predicted molar refractivity (Wildman–Crippen MR) is 128 cm³/mol. The highest BCUT2D eigenvalue weighted by molar-refractivity contribution is 5.86. The molecule has 0 saturated carbocycles. The van der Waals surface area contributed by atoms with Crippen molar-refractivity contribution in [2.75, 3.05) is 0 Å². The molecule has 2 heteroatoms. The van der Waals surface area contributed by atoms with Crippen molar-refractivity contribution in [2.45, 2.75) is 18.8 Å². The lowest BCUT2D eigenvalue weighted by atomic mass is 9.63. The Hall–Kier alpha value is -3.78. The quantitative estimate of drug-likeness (QED) is 0.302. The molecule has 2 atom stereocenters. The average Bonchev–Trinajstić information content (AvgIpc) is 2.83. The standard InChI is InChI=1S/C30H23N2/c1-18-9-3-6-12-21(18)26-17-31-29-27-22-13-7-8-14-23(22)28(30(29)32(26)2)25-16-20-11-5-4-10-19(20)15-24(25)27/h3-17,27-28H,1-2H3/q+1. The summed E-state index contributed by atoms with van der Waals surface area (Å²) in [5.74, 6) is 0.384. The first-order valence-corrected chi connectivity index (χ1v) is 11.3. The molecule has 4 aromatic carbocycles. The Kier molecular flexibility index (Phi) is 3.55. The van der Waals surface area contributed by atoms with Gasteiger partial charge < -0.3 is 0 Å². The smallest absolute Gasteiger partial charge is 0.231 e. The van der Waals surface area contributed by atoms with E-state index in [1.165, 1.54) is 61.2 Å². The molecule has 2 unspecified atom stereocenters. The van der Waals surface area contributed by atoms with Crippen LogP contribution in [0.5, 0.6) is 0 Å². The van der Waals surface area contributed by atoms with Crippen LogP contribution in [0.2, 0.25) is 0 Å². The molecule has 152 valence electrons. The molecule has 3 aliphatic carbocycles. The maximum atomic E-state index is 5.14. The largest absolute Gasteiger partial charge is 0.247 e. The number of aromatic nitrogens is 2. The third-order valence-corrected chi connectivity index (χ3v) is 7.47. The molecule has 1 aromatic heterocycles. The molecule has 0 radical (unpaired) electrons. The summed E-state index contributed by atoms with van der Waals surface area (Å²) in [6, 6.07) is 31.1. The molecule has 2 bridgehead atoms. The van der Waals surface area contributed by atoms with Crippen molar-refractivity contribution in [2.24, 2.45) is 7.05 Å². The summed E-state index contributed by atoms with van der Waals surface area (Å²) in [7, 11) is 2.21. The minimum absolute atomic E-state index is 0.183. The van der Waals surface area contributed by atoms with Crippen LogP contribution in [0.3, 0.4) is 0 Å². The Morgan fingerprint density at radius 1 is 0.688 bits per heavy atom. The Balaban J connectivity index is 1.56. The van der Waals surface area contributed by atoms with Gasteiger partial charge in [-0.2, -0.15) is 4.57 Å². The topological polar surface area (TPSA) is 16.8 Å². The average molecular weight is 412 g/mol. The molecule has 0 amide bonds. The Morgan fingerprint density at radius 2 is 1.28 bits per heavy atom. The number of rotatable bonds is 1. The molecule has 0 aliphatic heterocycles. The molecule has 3 aliphatic rings. The number of aryl methyl sites for hydroxylation is 1. The van der Waals surface area contributed by atoms with E-state index >= 15 is 0 Å². The van der Waals surface area contributed by atoms with Crippen LogP contribution in [0, 0.1) is 6.92 Å². The van der Waals surface area contributed by atoms with Crippen LogP contribution in [0.1, 0.15) is 51.0 Å². The summed E-state index contributed by atoms with van der Waals surface area (Å²) in [4.78, 5) is 5.14. The van der Waals surface area contributed by atoms with Crippen LogP contribution < -0.4 is 4.57 Å². The highest BCUT2D eigenvalue weighted by Gasteiger charge is 2.47. The number of fused-ring (bicyclic) bond motifs is 1. The first kappa shape index (κ1) is 17.9. The summed E-state index contributed by atoms with van der Waals surface area (Å²) in [5.41, 5.74) is 11.9. The molecular formula is C30H23N2+. The molecule has 1 heterocycles. The van der Waals surface area contributed by atoms with Gasteiger partial charge in [0, 0.05) is 0 Å². The lowest BCUT2D eigenvalue weighted by molar-refractivity contribution is -0.670. The van der Waals surface area contributed by atoms with Crippen molar-refractivity contribution in [1.82, 2.24) is 4.98 Å². The van der Waals surface area contributed by atoms with Crippen molar-refractivity contribution in [3.63, 3.8) is 0 Å². The molecule has 0 saturated heterocycles. The van der Waals surface area contributed by atoms with E-state index in [1.807, 2.05) is 0 Å². The van der Waals surface area contributed by atoms with Gasteiger partial charge in [-0.15, -0.1) is 0 Å². The molecule has 5 aromatic rings. The third kappa shape index (κ3) is 2.24. The summed E-state index contributed by atoms with van der Waals surface area (Å²) >= 11 is 0. The first-order valence-electron chi connectivity index (χ1n) is 11.3. The molecule has 32 heavy (non-hydrogen) atoms. The summed E-state index contributed by atoms with van der Waals surface area (Å²) in [6.07, 6.45) is 2.07. The van der Waals surface area contributed by atoms with E-state index < -0.39 is 0 Å². The van der Waals surface area contributed by atoms with Crippen LogP contribution in [-0.2, 0) is 7.05 Å². The van der Waals surface area contributed by atoms with E-state index in [0.717, 1.165) is 0 Å². The fourth-order valence-corrected chi connectivity index (χ4v) is 6.00. The van der Waals surface area contributed by atoms with Gasteiger partial charge in [-0.3, -0.25) is 0 Å². The van der Waals surface area contributed by atoms with E-state index in [4.69, 9.17) is 4.98 Å². The van der Waals surface area contributed by atoms with Gasteiger partial charge >= 0.3 is 0 Å². The highest BCUT2D eigenvalue weighted by atomic mass is 15.0. The summed E-state index contributed by atoms with van der Waals surface area (Å²) in [6.45, 7) is 2.18. The van der Waals surface area contributed by atoms with E-state index in [-0.39, 0.29) is 11.8 Å². The lowest BCUT2D eigenvalue weighted by Crippen LogP contribution is -2.45. The first-order chi connectivity index (χ1) is 15.7. The second-order valence-corrected chi connectivity index (χ2v) is 9.11. The molecule has 8 rings (SSSR count).